The maximum Gasteiger partial charge on any atom is 0.407 e. The normalized spacial score (nSPS) is 15.0. The van der Waals surface area contributed by atoms with Crippen molar-refractivity contribution in [3.63, 3.8) is 0 Å². The molecule has 4 rings (SSSR count). The van der Waals surface area contributed by atoms with Crippen molar-refractivity contribution in [2.24, 2.45) is 11.8 Å². The molecule has 0 bridgehead atoms. The van der Waals surface area contributed by atoms with Gasteiger partial charge in [0, 0.05) is 64.8 Å². The largest absolute Gasteiger partial charge is 0.439 e. The lowest BCUT2D eigenvalue weighted by Crippen LogP contribution is -2.36. The Balaban J connectivity index is 0.000000260. The Bertz CT molecular complexity index is 1210. The van der Waals surface area contributed by atoms with Gasteiger partial charge in [-0.15, -0.1) is 0 Å². The first kappa shape index (κ1) is 37.8. The number of pyridine rings is 2. The zero-order valence-corrected chi connectivity index (χ0v) is 28.8. The summed E-state index contributed by atoms with van der Waals surface area (Å²) in [7, 11) is 3.00. The molecular weight excluding hydrogens is 616 g/mol. The maximum atomic E-state index is 11.4. The van der Waals surface area contributed by atoms with Gasteiger partial charge >= 0.3 is 12.2 Å². The number of piperidine rings is 2. The Morgan fingerprint density at radius 3 is 1.38 bits per heavy atom. The number of nitrogens with one attached hydrogen (secondary N) is 4. The number of hydrogen-bond donors (Lipinski definition) is 4. The lowest BCUT2D eigenvalue weighted by molar-refractivity contribution is -0.124. The molecule has 2 aliphatic rings. The Labute approximate surface area is 283 Å². The molecule has 0 saturated carbocycles. The number of ether oxygens (including phenoxy) is 2. The van der Waals surface area contributed by atoms with E-state index in [1.807, 2.05) is 38.1 Å². The standard InChI is InChI=1S/2C17H26N4O3/c2*1-13-4-3-5-15(20-13)21-10-7-14(8-11-21)6-9-19-17(23)24-12-16(22)18-2/h2*3-5,14H,6-12H2,1-2H3,(H,18,22)(H,19,23). The number of amides is 4. The molecule has 4 amide bonds. The summed E-state index contributed by atoms with van der Waals surface area (Å²) in [5.41, 5.74) is 2.07. The zero-order valence-electron chi connectivity index (χ0n) is 28.8. The van der Waals surface area contributed by atoms with Crippen molar-refractivity contribution >= 4 is 35.6 Å². The summed E-state index contributed by atoms with van der Waals surface area (Å²) < 4.78 is 9.58. The summed E-state index contributed by atoms with van der Waals surface area (Å²) in [6.07, 6.45) is 5.11. The number of hydrogen-bond acceptors (Lipinski definition) is 10. The minimum Gasteiger partial charge on any atom is -0.439 e. The van der Waals surface area contributed by atoms with Crippen LogP contribution in [-0.2, 0) is 19.1 Å². The monoisotopic (exact) mass is 668 g/mol. The van der Waals surface area contributed by atoms with Crippen LogP contribution in [0.1, 0.15) is 49.9 Å². The summed E-state index contributed by atoms with van der Waals surface area (Å²) in [6, 6.07) is 12.2. The van der Waals surface area contributed by atoms with Gasteiger partial charge < -0.3 is 40.5 Å². The Morgan fingerprint density at radius 1 is 0.667 bits per heavy atom. The van der Waals surface area contributed by atoms with Crippen molar-refractivity contribution in [2.45, 2.75) is 52.4 Å². The number of nitrogens with zero attached hydrogens (tertiary/aromatic N) is 4. The summed E-state index contributed by atoms with van der Waals surface area (Å²) >= 11 is 0. The number of carbonyl (C=O) groups excluding carboxylic acids is 4. The number of carbonyl (C=O) groups is 4. The third-order valence-electron chi connectivity index (χ3n) is 8.49. The molecule has 14 nitrogen and oxygen atoms in total. The predicted octanol–water partition coefficient (Wildman–Crippen LogP) is 2.94. The van der Waals surface area contributed by atoms with Crippen LogP contribution in [0, 0.1) is 25.7 Å². The van der Waals surface area contributed by atoms with Gasteiger partial charge in [-0.1, -0.05) is 12.1 Å². The summed E-state index contributed by atoms with van der Waals surface area (Å²) in [5.74, 6) is 2.63. The Hall–Kier alpha value is -4.62. The quantitative estimate of drug-likeness (QED) is 0.264. The minimum atomic E-state index is -0.542. The van der Waals surface area contributed by atoms with E-state index < -0.39 is 12.2 Å². The van der Waals surface area contributed by atoms with Gasteiger partial charge in [-0.2, -0.15) is 0 Å². The molecule has 264 valence electrons. The molecule has 2 aromatic rings. The number of aromatic nitrogens is 2. The number of anilines is 2. The molecular formula is C34H52N8O6. The topological polar surface area (TPSA) is 167 Å². The lowest BCUT2D eigenvalue weighted by atomic mass is 9.93. The van der Waals surface area contributed by atoms with E-state index in [9.17, 15) is 19.2 Å². The molecule has 4 N–H and O–H groups in total. The fourth-order valence-electron chi connectivity index (χ4n) is 5.58. The van der Waals surface area contributed by atoms with Crippen LogP contribution in [0.2, 0.25) is 0 Å². The molecule has 0 aliphatic carbocycles. The Kier molecular flexibility index (Phi) is 16.2. The van der Waals surface area contributed by atoms with Crippen LogP contribution in [0.25, 0.3) is 0 Å². The van der Waals surface area contributed by atoms with E-state index >= 15 is 0 Å². The van der Waals surface area contributed by atoms with E-state index in [1.54, 1.807) is 0 Å². The van der Waals surface area contributed by atoms with Gasteiger partial charge in [0.25, 0.3) is 11.8 Å². The summed E-state index contributed by atoms with van der Waals surface area (Å²) in [6.45, 7) is 8.61. The second-order valence-corrected chi connectivity index (χ2v) is 12.1. The van der Waals surface area contributed by atoms with Gasteiger partial charge in [0.1, 0.15) is 11.6 Å². The van der Waals surface area contributed by atoms with Gasteiger partial charge in [0.2, 0.25) is 0 Å². The van der Waals surface area contributed by atoms with Crippen LogP contribution < -0.4 is 31.1 Å². The van der Waals surface area contributed by atoms with Crippen LogP contribution in [0.15, 0.2) is 36.4 Å². The molecule has 14 heteroatoms. The average Bonchev–Trinajstić information content (AvgIpc) is 3.10. The molecule has 2 aromatic heterocycles. The molecule has 2 fully saturated rings. The molecule has 0 unspecified atom stereocenters. The van der Waals surface area contributed by atoms with E-state index in [0.717, 1.165) is 87.7 Å². The third kappa shape index (κ3) is 14.0. The highest BCUT2D eigenvalue weighted by atomic mass is 16.6. The van der Waals surface area contributed by atoms with Crippen LogP contribution in [-0.4, -0.2) is 101 Å². The van der Waals surface area contributed by atoms with Crippen LogP contribution >= 0.6 is 0 Å². The molecule has 0 spiro atoms. The number of likely N-dealkylation sites (N-methyl/N-ethyl adjacent to an activating group) is 2. The average molecular weight is 669 g/mol. The molecule has 4 heterocycles. The third-order valence-corrected chi connectivity index (χ3v) is 8.49. The lowest BCUT2D eigenvalue weighted by Gasteiger charge is -2.33. The molecule has 0 atom stereocenters. The van der Waals surface area contributed by atoms with E-state index in [-0.39, 0.29) is 25.0 Å². The van der Waals surface area contributed by atoms with Crippen molar-refractivity contribution in [2.75, 3.05) is 76.4 Å². The van der Waals surface area contributed by atoms with Crippen molar-refractivity contribution in [3.05, 3.63) is 47.8 Å². The first-order chi connectivity index (χ1) is 23.2. The minimum absolute atomic E-state index is 0.246. The first-order valence-corrected chi connectivity index (χ1v) is 16.8. The highest BCUT2D eigenvalue weighted by Gasteiger charge is 2.21. The maximum absolute atomic E-state index is 11.4. The molecule has 2 aliphatic heterocycles. The second kappa shape index (κ2) is 20.6. The van der Waals surface area contributed by atoms with E-state index in [2.05, 4.69) is 53.2 Å². The molecule has 48 heavy (non-hydrogen) atoms. The smallest absolute Gasteiger partial charge is 0.407 e. The fraction of sp³-hybridized carbons (Fsp3) is 0.588. The van der Waals surface area contributed by atoms with E-state index in [4.69, 9.17) is 9.47 Å². The van der Waals surface area contributed by atoms with Crippen LogP contribution in [0.5, 0.6) is 0 Å². The van der Waals surface area contributed by atoms with Gasteiger partial charge in [-0.3, -0.25) is 9.59 Å². The van der Waals surface area contributed by atoms with Crippen molar-refractivity contribution < 1.29 is 28.7 Å². The number of alkyl carbamates (subject to hydrolysis) is 2. The molecule has 0 radical (unpaired) electrons. The van der Waals surface area contributed by atoms with Crippen LogP contribution in [0.4, 0.5) is 21.2 Å². The van der Waals surface area contributed by atoms with E-state index in [1.165, 1.54) is 14.1 Å². The number of aryl methyl sites for hydroxylation is 2. The van der Waals surface area contributed by atoms with Crippen molar-refractivity contribution in [1.82, 2.24) is 31.2 Å². The summed E-state index contributed by atoms with van der Waals surface area (Å²) in [5, 5.41) is 10.2. The SMILES string of the molecule is CNC(=O)COC(=O)NCCC1CCN(c2cccc(C)n2)CC1.CNC(=O)COC(=O)NCCC1CCN(c2cccc(C)n2)CC1. The Morgan fingerprint density at radius 2 is 1.04 bits per heavy atom. The zero-order chi connectivity index (χ0) is 34.7. The second-order valence-electron chi connectivity index (χ2n) is 12.1. The fourth-order valence-corrected chi connectivity index (χ4v) is 5.58. The predicted molar refractivity (Wildman–Crippen MR) is 184 cm³/mol. The van der Waals surface area contributed by atoms with E-state index in [0.29, 0.717) is 24.9 Å². The van der Waals surface area contributed by atoms with Crippen molar-refractivity contribution in [1.29, 1.82) is 0 Å². The molecule has 2 saturated heterocycles. The van der Waals surface area contributed by atoms with Gasteiger partial charge in [-0.25, -0.2) is 19.6 Å². The van der Waals surface area contributed by atoms with Gasteiger partial charge in [0.05, 0.1) is 0 Å². The first-order valence-electron chi connectivity index (χ1n) is 16.8. The highest BCUT2D eigenvalue weighted by Crippen LogP contribution is 2.25. The van der Waals surface area contributed by atoms with Gasteiger partial charge in [-0.05, 0) is 88.5 Å². The van der Waals surface area contributed by atoms with Crippen molar-refractivity contribution in [3.8, 4) is 0 Å². The van der Waals surface area contributed by atoms with Crippen LogP contribution in [0.3, 0.4) is 0 Å². The number of rotatable bonds is 12. The van der Waals surface area contributed by atoms with Gasteiger partial charge in [0.15, 0.2) is 13.2 Å². The highest BCUT2D eigenvalue weighted by molar-refractivity contribution is 5.80. The molecule has 0 aromatic carbocycles. The summed E-state index contributed by atoms with van der Waals surface area (Å²) in [4.78, 5) is 58.6.